The van der Waals surface area contributed by atoms with Crippen LogP contribution in [-0.4, -0.2) is 84.6 Å². The number of alkyl halides is 3. The molecule has 1 saturated heterocycles. The number of benzene rings is 1. The molecule has 0 aliphatic carbocycles. The molecule has 0 bridgehead atoms. The monoisotopic (exact) mass is 551 g/mol. The fourth-order valence-electron chi connectivity index (χ4n) is 4.64. The van der Waals surface area contributed by atoms with Gasteiger partial charge in [-0.05, 0) is 44.9 Å². The van der Waals surface area contributed by atoms with Gasteiger partial charge in [0.25, 0.3) is 0 Å². The molecular weight excluding hydrogens is 515 g/mol. The highest BCUT2D eigenvalue weighted by atomic mass is 19.4. The molecule has 12 heteroatoms. The fraction of sp³-hybridized carbons (Fsp3) is 0.519. The highest BCUT2D eigenvalue weighted by Crippen LogP contribution is 2.35. The molecule has 2 aliphatic heterocycles. The minimum absolute atomic E-state index is 0.00416. The lowest BCUT2D eigenvalue weighted by Crippen LogP contribution is -2.51. The number of urea groups is 2. The largest absolute Gasteiger partial charge is 0.463 e. The highest BCUT2D eigenvalue weighted by Gasteiger charge is 2.39. The van der Waals surface area contributed by atoms with Gasteiger partial charge in [0.15, 0.2) is 0 Å². The second kappa shape index (κ2) is 13.0. The Bertz CT molecular complexity index is 1090. The maximum Gasteiger partial charge on any atom is 0.416 e. The second-order valence-electron chi connectivity index (χ2n) is 9.70. The van der Waals surface area contributed by atoms with E-state index in [1.54, 1.807) is 11.8 Å². The van der Waals surface area contributed by atoms with Crippen molar-refractivity contribution in [3.8, 4) is 0 Å². The first kappa shape index (κ1) is 30.0. The van der Waals surface area contributed by atoms with Crippen LogP contribution in [0.4, 0.5) is 22.8 Å². The van der Waals surface area contributed by atoms with Gasteiger partial charge in [0, 0.05) is 51.0 Å². The number of hydrogen-bond acceptors (Lipinski definition) is 5. The molecule has 4 amide bonds. The van der Waals surface area contributed by atoms with E-state index in [0.29, 0.717) is 43.9 Å². The van der Waals surface area contributed by atoms with Gasteiger partial charge in [-0.1, -0.05) is 18.2 Å². The van der Waals surface area contributed by atoms with Crippen molar-refractivity contribution < 1.29 is 32.3 Å². The summed E-state index contributed by atoms with van der Waals surface area (Å²) in [6.07, 6.45) is -2.31. The van der Waals surface area contributed by atoms with Gasteiger partial charge in [-0.3, -0.25) is 9.80 Å². The molecule has 3 rings (SSSR count). The number of rotatable bonds is 8. The van der Waals surface area contributed by atoms with E-state index >= 15 is 0 Å². The van der Waals surface area contributed by atoms with Crippen LogP contribution in [0.2, 0.25) is 0 Å². The van der Waals surface area contributed by atoms with Gasteiger partial charge in [-0.2, -0.15) is 13.2 Å². The first-order valence-corrected chi connectivity index (χ1v) is 13.0. The molecule has 0 radical (unpaired) electrons. The number of nitrogens with one attached hydrogen (secondary N) is 2. The van der Waals surface area contributed by atoms with Gasteiger partial charge in [-0.15, -0.1) is 6.58 Å². The number of halogens is 3. The van der Waals surface area contributed by atoms with Gasteiger partial charge >= 0.3 is 24.2 Å². The highest BCUT2D eigenvalue weighted by molar-refractivity contribution is 5.95. The topological polar surface area (TPSA) is 94.2 Å². The number of carbonyl (C=O) groups excluding carboxylic acids is 3. The summed E-state index contributed by atoms with van der Waals surface area (Å²) in [5.74, 6) is -0.667. The Morgan fingerprint density at radius 1 is 1.18 bits per heavy atom. The molecule has 9 nitrogen and oxygen atoms in total. The number of ether oxygens (including phenoxy) is 1. The quantitative estimate of drug-likeness (QED) is 0.378. The van der Waals surface area contributed by atoms with Crippen LogP contribution in [0.15, 0.2) is 48.2 Å². The lowest BCUT2D eigenvalue weighted by molar-refractivity contribution is -0.139. The van der Waals surface area contributed by atoms with Crippen molar-refractivity contribution >= 4 is 18.0 Å². The minimum atomic E-state index is -4.52. The SMILES string of the molecule is C=CCN1C(=O)NC(c2ccc(C(F)(F)F)cc2)C(C(=O)OCC)=C1CN1CCCN(C(=O)NC(C)C)CC1. The molecule has 39 heavy (non-hydrogen) atoms. The third-order valence-corrected chi connectivity index (χ3v) is 6.48. The van der Waals surface area contributed by atoms with Crippen LogP contribution in [0, 0.1) is 0 Å². The number of amides is 4. The maximum atomic E-state index is 13.3. The van der Waals surface area contributed by atoms with Crippen molar-refractivity contribution in [2.24, 2.45) is 0 Å². The molecule has 0 aromatic heterocycles. The van der Waals surface area contributed by atoms with E-state index in [1.807, 2.05) is 13.8 Å². The summed E-state index contributed by atoms with van der Waals surface area (Å²) in [4.78, 5) is 44.2. The summed E-state index contributed by atoms with van der Waals surface area (Å²) < 4.78 is 44.8. The summed E-state index contributed by atoms with van der Waals surface area (Å²) >= 11 is 0. The number of esters is 1. The van der Waals surface area contributed by atoms with Gasteiger partial charge in [-0.25, -0.2) is 14.4 Å². The Labute approximate surface area is 226 Å². The van der Waals surface area contributed by atoms with Crippen molar-refractivity contribution in [1.29, 1.82) is 0 Å². The zero-order chi connectivity index (χ0) is 28.7. The molecule has 1 unspecified atom stereocenters. The van der Waals surface area contributed by atoms with E-state index in [1.165, 1.54) is 23.1 Å². The smallest absolute Gasteiger partial charge is 0.416 e. The van der Waals surface area contributed by atoms with E-state index in [4.69, 9.17) is 4.74 Å². The molecule has 1 atom stereocenters. The lowest BCUT2D eigenvalue weighted by Gasteiger charge is -2.38. The number of nitrogens with zero attached hydrogens (tertiary/aromatic N) is 3. The van der Waals surface area contributed by atoms with Crippen LogP contribution >= 0.6 is 0 Å². The lowest BCUT2D eigenvalue weighted by atomic mass is 9.93. The van der Waals surface area contributed by atoms with Crippen molar-refractivity contribution in [3.05, 3.63) is 59.3 Å². The van der Waals surface area contributed by atoms with Crippen molar-refractivity contribution in [2.45, 2.75) is 45.5 Å². The summed E-state index contributed by atoms with van der Waals surface area (Å²) in [5.41, 5.74) is 0.0283. The van der Waals surface area contributed by atoms with Crippen molar-refractivity contribution in [2.75, 3.05) is 45.9 Å². The fourth-order valence-corrected chi connectivity index (χ4v) is 4.64. The molecule has 1 fully saturated rings. The summed E-state index contributed by atoms with van der Waals surface area (Å²) in [6, 6.07) is 2.70. The van der Waals surface area contributed by atoms with E-state index in [2.05, 4.69) is 22.1 Å². The molecule has 0 saturated carbocycles. The van der Waals surface area contributed by atoms with Crippen LogP contribution in [0.1, 0.15) is 44.4 Å². The number of carbonyl (C=O) groups is 3. The first-order chi connectivity index (χ1) is 18.5. The molecule has 0 spiro atoms. The average Bonchev–Trinajstić information content (AvgIpc) is 3.11. The normalized spacial score (nSPS) is 19.1. The molecule has 2 N–H and O–H groups in total. The molecule has 1 aromatic carbocycles. The third-order valence-electron chi connectivity index (χ3n) is 6.48. The third kappa shape index (κ3) is 7.53. The molecule has 1 aromatic rings. The summed E-state index contributed by atoms with van der Waals surface area (Å²) in [7, 11) is 0. The second-order valence-corrected chi connectivity index (χ2v) is 9.70. The van der Waals surface area contributed by atoms with Gasteiger partial charge < -0.3 is 20.3 Å². The minimum Gasteiger partial charge on any atom is -0.463 e. The summed E-state index contributed by atoms with van der Waals surface area (Å²) in [5, 5.41) is 5.65. The van der Waals surface area contributed by atoms with Crippen LogP contribution in [-0.2, 0) is 15.7 Å². The Morgan fingerprint density at radius 3 is 2.46 bits per heavy atom. The maximum absolute atomic E-state index is 13.3. The Kier molecular flexibility index (Phi) is 10.0. The van der Waals surface area contributed by atoms with Gasteiger partial charge in [0.05, 0.1) is 23.8 Å². The predicted molar refractivity (Wildman–Crippen MR) is 140 cm³/mol. The zero-order valence-electron chi connectivity index (χ0n) is 22.5. The first-order valence-electron chi connectivity index (χ1n) is 13.0. The molecular formula is C27H36F3N5O4. The van der Waals surface area contributed by atoms with E-state index in [9.17, 15) is 27.6 Å². The van der Waals surface area contributed by atoms with E-state index in [0.717, 1.165) is 12.1 Å². The Balaban J connectivity index is 1.98. The van der Waals surface area contributed by atoms with E-state index in [-0.39, 0.29) is 37.3 Å². The Hall–Kier alpha value is -3.54. The zero-order valence-corrected chi connectivity index (χ0v) is 22.5. The van der Waals surface area contributed by atoms with Crippen LogP contribution < -0.4 is 10.6 Å². The van der Waals surface area contributed by atoms with Gasteiger partial charge in [0.1, 0.15) is 0 Å². The van der Waals surface area contributed by atoms with Gasteiger partial charge in [0.2, 0.25) is 0 Å². The van der Waals surface area contributed by atoms with Crippen LogP contribution in [0.25, 0.3) is 0 Å². The van der Waals surface area contributed by atoms with Crippen LogP contribution in [0.3, 0.4) is 0 Å². The number of hydrogen-bond donors (Lipinski definition) is 2. The molecule has 2 heterocycles. The Morgan fingerprint density at radius 2 is 1.87 bits per heavy atom. The standard InChI is InChI=1S/C27H36F3N5O4/c1-5-12-35-21(17-33-13-7-14-34(16-15-33)25(37)31-18(3)4)22(24(36)39-6-2)23(32-26(35)38)19-8-10-20(11-9-19)27(28,29)30/h5,8-11,18,23H,1,6-7,12-17H2,2-4H3,(H,31,37)(H,32,38). The average molecular weight is 552 g/mol. The van der Waals surface area contributed by atoms with Crippen molar-refractivity contribution in [1.82, 2.24) is 25.3 Å². The predicted octanol–water partition coefficient (Wildman–Crippen LogP) is 3.90. The van der Waals surface area contributed by atoms with E-state index < -0.39 is 29.8 Å². The summed E-state index contributed by atoms with van der Waals surface area (Å²) in [6.45, 7) is 11.7. The van der Waals surface area contributed by atoms with Crippen molar-refractivity contribution in [3.63, 3.8) is 0 Å². The van der Waals surface area contributed by atoms with Crippen LogP contribution in [0.5, 0.6) is 0 Å². The molecule has 2 aliphatic rings. The molecule has 214 valence electrons.